The average Bonchev–Trinajstić information content (AvgIpc) is 2.98. The van der Waals surface area contributed by atoms with Crippen LogP contribution in [0.3, 0.4) is 0 Å². The Morgan fingerprint density at radius 2 is 2.11 bits per heavy atom. The van der Waals surface area contributed by atoms with E-state index in [9.17, 15) is 26.4 Å². The van der Waals surface area contributed by atoms with Gasteiger partial charge in [0.25, 0.3) is 5.91 Å². The average molecular weight is 443 g/mol. The highest BCUT2D eigenvalue weighted by Crippen LogP contribution is 2.43. The third-order valence-electron chi connectivity index (χ3n) is 4.09. The third-order valence-corrected chi connectivity index (χ3v) is 7.63. The second-order valence-electron chi connectivity index (χ2n) is 6.05. The summed E-state index contributed by atoms with van der Waals surface area (Å²) in [6.45, 7) is -0.292. The normalized spacial score (nSPS) is 25.8. The van der Waals surface area contributed by atoms with Crippen molar-refractivity contribution in [2.24, 2.45) is 4.99 Å². The van der Waals surface area contributed by atoms with Gasteiger partial charge in [0, 0.05) is 18.0 Å². The van der Waals surface area contributed by atoms with Crippen molar-refractivity contribution in [3.8, 4) is 0 Å². The number of thioether (sulfide) groups is 1. The van der Waals surface area contributed by atoms with Crippen LogP contribution in [0, 0.1) is 0 Å². The molecule has 1 aromatic rings. The minimum absolute atomic E-state index is 0.0767. The van der Waals surface area contributed by atoms with Gasteiger partial charge in [-0.1, -0.05) is 23.4 Å². The standard InChI is InChI=1S/C15H14ClF3N2O4S2/c1-25-5-13(22)20-14-21(11-6-27(23,24)7-12(11)26-14)8-2-3-10(16)9(4-8)15(17,18)19/h2-4,11-12H,5-7H2,1H3/t11-,12+/m1/s1. The summed E-state index contributed by atoms with van der Waals surface area (Å²) < 4.78 is 68.3. The van der Waals surface area contributed by atoms with Crippen LogP contribution in [0.5, 0.6) is 0 Å². The highest BCUT2D eigenvalue weighted by atomic mass is 35.5. The molecule has 2 fully saturated rings. The molecule has 6 nitrogen and oxygen atoms in total. The summed E-state index contributed by atoms with van der Waals surface area (Å²) in [6, 6.07) is 2.67. The lowest BCUT2D eigenvalue weighted by molar-refractivity contribution is -0.137. The Morgan fingerprint density at radius 1 is 1.41 bits per heavy atom. The number of fused-ring (bicyclic) bond motifs is 1. The van der Waals surface area contributed by atoms with Crippen molar-refractivity contribution >= 4 is 50.0 Å². The number of aliphatic imine (C=N–C) groups is 1. The van der Waals surface area contributed by atoms with Gasteiger partial charge in [0.2, 0.25) is 0 Å². The molecule has 0 unspecified atom stereocenters. The van der Waals surface area contributed by atoms with Crippen molar-refractivity contribution in [2.75, 3.05) is 30.1 Å². The van der Waals surface area contributed by atoms with Gasteiger partial charge in [-0.25, -0.2) is 8.42 Å². The van der Waals surface area contributed by atoms with E-state index in [0.29, 0.717) is 0 Å². The van der Waals surface area contributed by atoms with E-state index in [1.165, 1.54) is 18.1 Å². The fourth-order valence-electron chi connectivity index (χ4n) is 3.01. The molecule has 1 amide bonds. The molecule has 0 bridgehead atoms. The van der Waals surface area contributed by atoms with E-state index in [0.717, 1.165) is 23.9 Å². The minimum atomic E-state index is -4.68. The van der Waals surface area contributed by atoms with Gasteiger partial charge < -0.3 is 9.64 Å². The van der Waals surface area contributed by atoms with Crippen LogP contribution in [0.1, 0.15) is 5.56 Å². The Kier molecular flexibility index (Phi) is 5.50. The van der Waals surface area contributed by atoms with Gasteiger partial charge in [0.1, 0.15) is 6.61 Å². The maximum Gasteiger partial charge on any atom is 0.417 e. The van der Waals surface area contributed by atoms with Gasteiger partial charge in [-0.05, 0) is 18.2 Å². The highest BCUT2D eigenvalue weighted by molar-refractivity contribution is 8.16. The smallest absolute Gasteiger partial charge is 0.375 e. The molecular formula is C15H14ClF3N2O4S2. The Bertz CT molecular complexity index is 905. The molecule has 0 radical (unpaired) electrons. The summed E-state index contributed by atoms with van der Waals surface area (Å²) in [5.74, 6) is -0.972. The topological polar surface area (TPSA) is 76.0 Å². The van der Waals surface area contributed by atoms with Crippen LogP contribution >= 0.6 is 23.4 Å². The maximum atomic E-state index is 13.2. The summed E-state index contributed by atoms with van der Waals surface area (Å²) >= 11 is 6.73. The molecular weight excluding hydrogens is 429 g/mol. The molecule has 2 aliphatic rings. The van der Waals surface area contributed by atoms with E-state index in [1.54, 1.807) is 0 Å². The molecule has 0 aromatic heterocycles. The van der Waals surface area contributed by atoms with Crippen molar-refractivity contribution in [1.29, 1.82) is 0 Å². The second kappa shape index (κ2) is 7.26. The second-order valence-corrected chi connectivity index (χ2v) is 9.82. The molecule has 2 aliphatic heterocycles. The number of halogens is 4. The first-order valence-corrected chi connectivity index (χ1v) is 10.7. The van der Waals surface area contributed by atoms with Crippen LogP contribution in [0.15, 0.2) is 23.2 Å². The monoisotopic (exact) mass is 442 g/mol. The van der Waals surface area contributed by atoms with Crippen molar-refractivity contribution in [3.05, 3.63) is 28.8 Å². The zero-order chi connectivity index (χ0) is 20.0. The van der Waals surface area contributed by atoms with Gasteiger partial charge in [-0.3, -0.25) is 4.79 Å². The number of hydrogen-bond acceptors (Lipinski definition) is 5. The van der Waals surface area contributed by atoms with E-state index in [2.05, 4.69) is 4.99 Å². The lowest BCUT2D eigenvalue weighted by Gasteiger charge is -2.25. The van der Waals surface area contributed by atoms with E-state index in [1.807, 2.05) is 0 Å². The Balaban J connectivity index is 2.06. The maximum absolute atomic E-state index is 13.2. The van der Waals surface area contributed by atoms with Crippen molar-refractivity contribution < 1.29 is 31.1 Å². The molecule has 0 saturated carbocycles. The molecule has 12 heteroatoms. The van der Waals surface area contributed by atoms with Crippen molar-refractivity contribution in [1.82, 2.24) is 0 Å². The number of alkyl halides is 3. The van der Waals surface area contributed by atoms with Crippen molar-refractivity contribution in [3.63, 3.8) is 0 Å². The lowest BCUT2D eigenvalue weighted by atomic mass is 10.1. The van der Waals surface area contributed by atoms with Crippen LogP contribution in [0.2, 0.25) is 5.02 Å². The summed E-state index contributed by atoms with van der Waals surface area (Å²) in [6.07, 6.45) is -4.68. The summed E-state index contributed by atoms with van der Waals surface area (Å²) in [5, 5.41) is -0.742. The predicted molar refractivity (Wildman–Crippen MR) is 97.1 cm³/mol. The molecule has 0 aliphatic carbocycles. The Labute approximate surface area is 162 Å². The number of ether oxygens (including phenoxy) is 1. The molecule has 1 aromatic carbocycles. The number of sulfone groups is 1. The summed E-state index contributed by atoms with van der Waals surface area (Å²) in [4.78, 5) is 17.1. The number of anilines is 1. The number of hydrogen-bond donors (Lipinski definition) is 0. The number of carbonyl (C=O) groups excluding carboxylic acids is 1. The zero-order valence-electron chi connectivity index (χ0n) is 13.9. The fourth-order valence-corrected chi connectivity index (χ4v) is 7.17. The zero-order valence-corrected chi connectivity index (χ0v) is 16.3. The van der Waals surface area contributed by atoms with E-state index >= 15 is 0 Å². The molecule has 0 N–H and O–H groups in total. The highest BCUT2D eigenvalue weighted by Gasteiger charge is 2.49. The Morgan fingerprint density at radius 3 is 2.74 bits per heavy atom. The van der Waals surface area contributed by atoms with Gasteiger partial charge in [-0.2, -0.15) is 18.2 Å². The van der Waals surface area contributed by atoms with Crippen LogP contribution < -0.4 is 4.90 Å². The quantitative estimate of drug-likeness (QED) is 0.716. The summed E-state index contributed by atoms with van der Waals surface area (Å²) in [5.41, 5.74) is -0.966. The first-order valence-electron chi connectivity index (χ1n) is 7.65. The van der Waals surface area contributed by atoms with Gasteiger partial charge >= 0.3 is 6.18 Å². The number of amides is 1. The van der Waals surface area contributed by atoms with E-state index < -0.39 is 43.8 Å². The third kappa shape index (κ3) is 4.25. The Hall–Kier alpha value is -1.30. The predicted octanol–water partition coefficient (Wildman–Crippen LogP) is 2.61. The number of rotatable bonds is 3. The summed E-state index contributed by atoms with van der Waals surface area (Å²) in [7, 11) is -2.02. The van der Waals surface area contributed by atoms with Crippen LogP contribution in [0.4, 0.5) is 18.9 Å². The molecule has 2 saturated heterocycles. The minimum Gasteiger partial charge on any atom is -0.375 e. The first kappa shape index (κ1) is 20.4. The number of benzene rings is 1. The fraction of sp³-hybridized carbons (Fsp3) is 0.467. The van der Waals surface area contributed by atoms with Gasteiger partial charge in [0.15, 0.2) is 15.0 Å². The van der Waals surface area contributed by atoms with Crippen molar-refractivity contribution in [2.45, 2.75) is 17.5 Å². The number of carbonyl (C=O) groups is 1. The molecule has 2 atom stereocenters. The molecule has 0 spiro atoms. The van der Waals surface area contributed by atoms with E-state index in [-0.39, 0.29) is 29.0 Å². The number of nitrogens with zero attached hydrogens (tertiary/aromatic N) is 2. The van der Waals surface area contributed by atoms with Gasteiger partial charge in [0.05, 0.1) is 28.1 Å². The molecule has 3 rings (SSSR count). The van der Waals surface area contributed by atoms with Gasteiger partial charge in [-0.15, -0.1) is 0 Å². The molecule has 27 heavy (non-hydrogen) atoms. The molecule has 2 heterocycles. The number of amidine groups is 1. The lowest BCUT2D eigenvalue weighted by Crippen LogP contribution is -2.38. The number of methoxy groups -OCH3 is 1. The van der Waals surface area contributed by atoms with E-state index in [4.69, 9.17) is 16.3 Å². The first-order chi connectivity index (χ1) is 12.5. The van der Waals surface area contributed by atoms with Crippen LogP contribution in [-0.2, 0) is 25.5 Å². The molecule has 148 valence electrons. The largest absolute Gasteiger partial charge is 0.417 e. The SMILES string of the molecule is COCC(=O)N=C1S[C@H]2CS(=O)(=O)C[C@H]2N1c1ccc(Cl)c(C(F)(F)F)c1. The van der Waals surface area contributed by atoms with Crippen LogP contribution in [-0.4, -0.2) is 56.0 Å². The van der Waals surface area contributed by atoms with Crippen LogP contribution in [0.25, 0.3) is 0 Å².